The van der Waals surface area contributed by atoms with Crippen molar-refractivity contribution in [3.8, 4) is 0 Å². The lowest BCUT2D eigenvalue weighted by atomic mass is 10.2. The van der Waals surface area contributed by atoms with E-state index in [1.54, 1.807) is 0 Å². The Balaban J connectivity index is 0.00000128. The maximum Gasteiger partial charge on any atom is 0.0334 e. The predicted octanol–water partition coefficient (Wildman–Crippen LogP) is 2.66. The molecule has 92 valence electrons. The van der Waals surface area contributed by atoms with Crippen molar-refractivity contribution in [1.82, 2.24) is 10.2 Å². The smallest absolute Gasteiger partial charge is 0.0334 e. The lowest BCUT2D eigenvalue weighted by Gasteiger charge is -2.23. The Morgan fingerprint density at radius 2 is 2.38 bits per heavy atom. The number of halogens is 1. The maximum absolute atomic E-state index is 3.30. The van der Waals surface area contributed by atoms with Crippen LogP contribution in [0.15, 0.2) is 11.4 Å². The van der Waals surface area contributed by atoms with Gasteiger partial charge in [0.2, 0.25) is 0 Å². The minimum absolute atomic E-state index is 0. The number of likely N-dealkylation sites (tertiary alicyclic amines) is 1. The summed E-state index contributed by atoms with van der Waals surface area (Å²) < 4.78 is 0. The fourth-order valence-electron chi connectivity index (χ4n) is 2.32. The zero-order chi connectivity index (χ0) is 10.7. The third kappa shape index (κ3) is 3.20. The van der Waals surface area contributed by atoms with Crippen molar-refractivity contribution in [2.45, 2.75) is 32.4 Å². The van der Waals surface area contributed by atoms with Gasteiger partial charge >= 0.3 is 0 Å². The molecule has 2 nitrogen and oxygen atoms in total. The lowest BCUT2D eigenvalue weighted by Crippen LogP contribution is -2.36. The molecule has 1 aromatic heterocycles. The van der Waals surface area contributed by atoms with Crippen molar-refractivity contribution in [2.24, 2.45) is 0 Å². The van der Waals surface area contributed by atoms with Gasteiger partial charge < -0.3 is 5.32 Å². The first-order valence-electron chi connectivity index (χ1n) is 5.73. The number of nitrogens with one attached hydrogen (secondary N) is 1. The molecule has 4 heteroatoms. The number of thiophene rings is 1. The zero-order valence-electron chi connectivity index (χ0n) is 10.0. The van der Waals surface area contributed by atoms with E-state index >= 15 is 0 Å². The number of likely N-dealkylation sites (N-methyl/N-ethyl adjacent to an activating group) is 1. The number of hydrogen-bond acceptors (Lipinski definition) is 3. The highest BCUT2D eigenvalue weighted by Crippen LogP contribution is 2.23. The molecule has 1 saturated heterocycles. The molecule has 0 spiro atoms. The highest BCUT2D eigenvalue weighted by atomic mass is 35.5. The van der Waals surface area contributed by atoms with Crippen LogP contribution < -0.4 is 5.32 Å². The molecule has 1 unspecified atom stereocenters. The molecule has 2 rings (SSSR count). The molecular weight excluding hydrogens is 240 g/mol. The first-order chi connectivity index (χ1) is 7.31. The van der Waals surface area contributed by atoms with E-state index in [1.165, 1.54) is 29.8 Å². The van der Waals surface area contributed by atoms with Gasteiger partial charge in [-0.05, 0) is 50.4 Å². The minimum atomic E-state index is 0. The van der Waals surface area contributed by atoms with E-state index in [9.17, 15) is 0 Å². The van der Waals surface area contributed by atoms with Gasteiger partial charge in [-0.15, -0.1) is 23.7 Å². The van der Waals surface area contributed by atoms with Crippen LogP contribution in [0.3, 0.4) is 0 Å². The average Bonchev–Trinajstić information content (AvgIpc) is 2.80. The van der Waals surface area contributed by atoms with Crippen LogP contribution in [-0.4, -0.2) is 31.1 Å². The second-order valence-corrected chi connectivity index (χ2v) is 5.35. The SMILES string of the molecule is CNCC1CCCN1Cc1sccc1C.Cl. The quantitative estimate of drug-likeness (QED) is 0.896. The molecule has 0 saturated carbocycles. The fraction of sp³-hybridized carbons (Fsp3) is 0.667. The van der Waals surface area contributed by atoms with Gasteiger partial charge in [0.1, 0.15) is 0 Å². The van der Waals surface area contributed by atoms with E-state index in [1.807, 2.05) is 18.4 Å². The van der Waals surface area contributed by atoms with E-state index in [-0.39, 0.29) is 12.4 Å². The second kappa shape index (κ2) is 6.60. The van der Waals surface area contributed by atoms with Crippen LogP contribution >= 0.6 is 23.7 Å². The topological polar surface area (TPSA) is 15.3 Å². The van der Waals surface area contributed by atoms with Crippen molar-refractivity contribution in [2.75, 3.05) is 20.1 Å². The Labute approximate surface area is 108 Å². The zero-order valence-corrected chi connectivity index (χ0v) is 11.7. The molecule has 1 N–H and O–H groups in total. The van der Waals surface area contributed by atoms with E-state index in [0.29, 0.717) is 0 Å². The maximum atomic E-state index is 3.30. The molecule has 1 aliphatic rings. The molecule has 0 radical (unpaired) electrons. The van der Waals surface area contributed by atoms with Gasteiger partial charge in [0.15, 0.2) is 0 Å². The molecule has 1 fully saturated rings. The summed E-state index contributed by atoms with van der Waals surface area (Å²) in [7, 11) is 2.05. The molecule has 0 aromatic carbocycles. The minimum Gasteiger partial charge on any atom is -0.318 e. The monoisotopic (exact) mass is 260 g/mol. The fourth-order valence-corrected chi connectivity index (χ4v) is 3.25. The summed E-state index contributed by atoms with van der Waals surface area (Å²) in [5.41, 5.74) is 1.45. The van der Waals surface area contributed by atoms with Crippen LogP contribution in [-0.2, 0) is 6.54 Å². The summed E-state index contributed by atoms with van der Waals surface area (Å²) in [6, 6.07) is 2.97. The van der Waals surface area contributed by atoms with Crippen molar-refractivity contribution in [1.29, 1.82) is 0 Å². The molecule has 0 bridgehead atoms. The van der Waals surface area contributed by atoms with Gasteiger partial charge in [-0.1, -0.05) is 0 Å². The predicted molar refractivity (Wildman–Crippen MR) is 73.7 cm³/mol. The molecule has 1 atom stereocenters. The molecule has 0 aliphatic carbocycles. The summed E-state index contributed by atoms with van der Waals surface area (Å²) in [4.78, 5) is 4.16. The molecule has 2 heterocycles. The van der Waals surface area contributed by atoms with Crippen LogP contribution in [0.4, 0.5) is 0 Å². The largest absolute Gasteiger partial charge is 0.318 e. The number of rotatable bonds is 4. The normalized spacial score (nSPS) is 21.0. The van der Waals surface area contributed by atoms with Gasteiger partial charge in [0.05, 0.1) is 0 Å². The summed E-state index contributed by atoms with van der Waals surface area (Å²) in [6.07, 6.45) is 2.71. The van der Waals surface area contributed by atoms with Crippen molar-refractivity contribution < 1.29 is 0 Å². The molecule has 0 amide bonds. The molecular formula is C12H21ClN2S. The number of aryl methyl sites for hydroxylation is 1. The van der Waals surface area contributed by atoms with Crippen LogP contribution in [0.2, 0.25) is 0 Å². The van der Waals surface area contributed by atoms with E-state index in [4.69, 9.17) is 0 Å². The third-order valence-corrected chi connectivity index (χ3v) is 4.26. The van der Waals surface area contributed by atoms with Gasteiger partial charge in [-0.25, -0.2) is 0 Å². The van der Waals surface area contributed by atoms with Crippen LogP contribution in [0.5, 0.6) is 0 Å². The van der Waals surface area contributed by atoms with Gasteiger partial charge in [-0.2, -0.15) is 0 Å². The highest BCUT2D eigenvalue weighted by Gasteiger charge is 2.24. The summed E-state index contributed by atoms with van der Waals surface area (Å²) in [5.74, 6) is 0. The standard InChI is InChI=1S/C12H20N2S.ClH/c1-10-5-7-15-12(10)9-14-6-3-4-11(14)8-13-2;/h5,7,11,13H,3-4,6,8-9H2,1-2H3;1H. The first kappa shape index (κ1) is 14.0. The summed E-state index contributed by atoms with van der Waals surface area (Å²) in [5, 5.41) is 5.50. The Hall–Kier alpha value is -0.0900. The van der Waals surface area contributed by atoms with Gasteiger partial charge in [0, 0.05) is 24.0 Å². The van der Waals surface area contributed by atoms with E-state index < -0.39 is 0 Å². The average molecular weight is 261 g/mol. The molecule has 16 heavy (non-hydrogen) atoms. The highest BCUT2D eigenvalue weighted by molar-refractivity contribution is 7.10. The summed E-state index contributed by atoms with van der Waals surface area (Å²) >= 11 is 1.89. The van der Waals surface area contributed by atoms with Crippen molar-refractivity contribution >= 4 is 23.7 Å². The Bertz CT molecular complexity index is 314. The summed E-state index contributed by atoms with van der Waals surface area (Å²) in [6.45, 7) is 5.76. The second-order valence-electron chi connectivity index (χ2n) is 4.35. The van der Waals surface area contributed by atoms with Gasteiger partial charge in [-0.3, -0.25) is 4.90 Å². The third-order valence-electron chi connectivity index (χ3n) is 3.25. The van der Waals surface area contributed by atoms with E-state index in [0.717, 1.165) is 19.1 Å². The van der Waals surface area contributed by atoms with Crippen molar-refractivity contribution in [3.05, 3.63) is 21.9 Å². The number of nitrogens with zero attached hydrogens (tertiary/aromatic N) is 1. The Morgan fingerprint density at radius 3 is 3.00 bits per heavy atom. The Kier molecular flexibility index (Phi) is 5.76. The van der Waals surface area contributed by atoms with Crippen LogP contribution in [0.25, 0.3) is 0 Å². The van der Waals surface area contributed by atoms with Crippen LogP contribution in [0, 0.1) is 6.92 Å². The molecule has 1 aliphatic heterocycles. The Morgan fingerprint density at radius 1 is 1.56 bits per heavy atom. The van der Waals surface area contributed by atoms with E-state index in [2.05, 4.69) is 28.6 Å². The molecule has 1 aromatic rings. The lowest BCUT2D eigenvalue weighted by molar-refractivity contribution is 0.244. The number of hydrogen-bond donors (Lipinski definition) is 1. The first-order valence-corrected chi connectivity index (χ1v) is 6.61. The van der Waals surface area contributed by atoms with Crippen LogP contribution in [0.1, 0.15) is 23.3 Å². The van der Waals surface area contributed by atoms with Crippen molar-refractivity contribution in [3.63, 3.8) is 0 Å². The van der Waals surface area contributed by atoms with Gasteiger partial charge in [0.25, 0.3) is 0 Å².